The molecule has 2 atom stereocenters. The largest absolute Gasteiger partial charge is 0.410 e. The van der Waals surface area contributed by atoms with Crippen LogP contribution in [0, 0.1) is 0 Å². The Hall–Kier alpha value is -2.22. The average Bonchev–Trinajstić information content (AvgIpc) is 3.19. The van der Waals surface area contributed by atoms with E-state index in [-0.39, 0.29) is 17.7 Å². The standard InChI is InChI=1S/C16H16BrN3O4/c17-9-1-3-10(4-2-9)18-15(22)11-6-8-14(20-11)24-16(23)12-5-7-13(21)19-12/h1-4,11-12H,5-8H2,(H,18,22)(H,19,21)/t11-,12-/m0/s1. The number of benzene rings is 1. The van der Waals surface area contributed by atoms with Crippen LogP contribution in [0.2, 0.25) is 0 Å². The zero-order valence-electron chi connectivity index (χ0n) is 12.8. The summed E-state index contributed by atoms with van der Waals surface area (Å²) in [6.45, 7) is 0. The van der Waals surface area contributed by atoms with Gasteiger partial charge in [0.05, 0.1) is 0 Å². The fourth-order valence-corrected chi connectivity index (χ4v) is 2.83. The highest BCUT2D eigenvalue weighted by molar-refractivity contribution is 9.10. The summed E-state index contributed by atoms with van der Waals surface area (Å²) in [5.41, 5.74) is 0.678. The van der Waals surface area contributed by atoms with E-state index in [2.05, 4.69) is 31.6 Å². The molecule has 2 amide bonds. The van der Waals surface area contributed by atoms with Crippen molar-refractivity contribution in [3.63, 3.8) is 0 Å². The molecule has 2 aliphatic rings. The van der Waals surface area contributed by atoms with Crippen LogP contribution in [0.1, 0.15) is 25.7 Å². The summed E-state index contributed by atoms with van der Waals surface area (Å²) in [6.07, 6.45) is 1.66. The maximum absolute atomic E-state index is 12.2. The minimum absolute atomic E-state index is 0.155. The van der Waals surface area contributed by atoms with Crippen molar-refractivity contribution in [2.45, 2.75) is 37.8 Å². The minimum Gasteiger partial charge on any atom is -0.410 e. The van der Waals surface area contributed by atoms with E-state index in [1.807, 2.05) is 12.1 Å². The minimum atomic E-state index is -0.615. The number of carbonyl (C=O) groups excluding carboxylic acids is 3. The topological polar surface area (TPSA) is 96.9 Å². The number of nitrogens with one attached hydrogen (secondary N) is 2. The van der Waals surface area contributed by atoms with Crippen molar-refractivity contribution < 1.29 is 19.1 Å². The third-order valence-corrected chi connectivity index (χ3v) is 4.37. The molecule has 2 aliphatic heterocycles. The predicted octanol–water partition coefficient (Wildman–Crippen LogP) is 1.77. The van der Waals surface area contributed by atoms with Gasteiger partial charge in [0, 0.05) is 23.0 Å². The summed E-state index contributed by atoms with van der Waals surface area (Å²) >= 11 is 3.33. The van der Waals surface area contributed by atoms with Gasteiger partial charge in [0.25, 0.3) is 0 Å². The summed E-state index contributed by atoms with van der Waals surface area (Å²) in [6, 6.07) is 6.03. The van der Waals surface area contributed by atoms with Gasteiger partial charge in [0.1, 0.15) is 12.1 Å². The van der Waals surface area contributed by atoms with E-state index in [1.54, 1.807) is 12.1 Å². The SMILES string of the molecule is O=C1CC[C@@H](C(=O)OC2=N[C@H](C(=O)Nc3ccc(Br)cc3)CC2)N1. The van der Waals surface area contributed by atoms with Crippen LogP contribution in [0.5, 0.6) is 0 Å². The summed E-state index contributed by atoms with van der Waals surface area (Å²) in [4.78, 5) is 39.4. The van der Waals surface area contributed by atoms with Gasteiger partial charge >= 0.3 is 5.97 Å². The normalized spacial score (nSPS) is 22.7. The molecule has 0 aromatic heterocycles. The van der Waals surface area contributed by atoms with Crippen molar-refractivity contribution in [3.05, 3.63) is 28.7 Å². The van der Waals surface area contributed by atoms with Gasteiger partial charge in [-0.2, -0.15) is 0 Å². The summed E-state index contributed by atoms with van der Waals surface area (Å²) in [7, 11) is 0. The molecule has 0 unspecified atom stereocenters. The van der Waals surface area contributed by atoms with Gasteiger partial charge in [-0.25, -0.2) is 9.79 Å². The number of ether oxygens (including phenoxy) is 1. The summed E-state index contributed by atoms with van der Waals surface area (Å²) in [5, 5.41) is 5.33. The van der Waals surface area contributed by atoms with Crippen LogP contribution in [-0.2, 0) is 19.1 Å². The van der Waals surface area contributed by atoms with E-state index >= 15 is 0 Å². The Morgan fingerprint density at radius 2 is 1.96 bits per heavy atom. The quantitative estimate of drug-likeness (QED) is 0.764. The number of rotatable bonds is 3. The molecule has 2 N–H and O–H groups in total. The fourth-order valence-electron chi connectivity index (χ4n) is 2.57. The van der Waals surface area contributed by atoms with E-state index < -0.39 is 18.1 Å². The van der Waals surface area contributed by atoms with Crippen molar-refractivity contribution in [2.24, 2.45) is 4.99 Å². The molecule has 1 saturated heterocycles. The maximum atomic E-state index is 12.2. The number of amides is 2. The van der Waals surface area contributed by atoms with E-state index in [0.717, 1.165) is 4.47 Å². The molecule has 0 saturated carbocycles. The van der Waals surface area contributed by atoms with Gasteiger partial charge in [0.15, 0.2) is 5.90 Å². The second kappa shape index (κ2) is 7.12. The van der Waals surface area contributed by atoms with Crippen LogP contribution in [-0.4, -0.2) is 35.8 Å². The van der Waals surface area contributed by atoms with Gasteiger partial charge in [-0.05, 0) is 37.1 Å². The number of aliphatic imine (C=N–C) groups is 1. The highest BCUT2D eigenvalue weighted by atomic mass is 79.9. The maximum Gasteiger partial charge on any atom is 0.335 e. The van der Waals surface area contributed by atoms with Crippen LogP contribution in [0.4, 0.5) is 5.69 Å². The first kappa shape index (κ1) is 16.6. The van der Waals surface area contributed by atoms with Gasteiger partial charge in [-0.1, -0.05) is 15.9 Å². The molecule has 3 rings (SSSR count). The molecule has 8 heteroatoms. The molecule has 7 nitrogen and oxygen atoms in total. The molecule has 0 radical (unpaired) electrons. The molecule has 1 aromatic carbocycles. The molecule has 2 heterocycles. The zero-order chi connectivity index (χ0) is 17.1. The lowest BCUT2D eigenvalue weighted by Gasteiger charge is -2.09. The number of esters is 1. The van der Waals surface area contributed by atoms with Crippen LogP contribution in [0.15, 0.2) is 33.7 Å². The summed E-state index contributed by atoms with van der Waals surface area (Å²) < 4.78 is 6.12. The lowest BCUT2D eigenvalue weighted by Crippen LogP contribution is -2.35. The van der Waals surface area contributed by atoms with Gasteiger partial charge in [0.2, 0.25) is 11.8 Å². The Morgan fingerprint density at radius 1 is 1.21 bits per heavy atom. The molecule has 1 fully saturated rings. The second-order valence-electron chi connectivity index (χ2n) is 5.65. The zero-order valence-corrected chi connectivity index (χ0v) is 14.3. The van der Waals surface area contributed by atoms with Gasteiger partial charge in [-0.3, -0.25) is 9.59 Å². The monoisotopic (exact) mass is 393 g/mol. The van der Waals surface area contributed by atoms with E-state index in [0.29, 0.717) is 31.4 Å². The smallest absolute Gasteiger partial charge is 0.335 e. The van der Waals surface area contributed by atoms with Crippen LogP contribution in [0.25, 0.3) is 0 Å². The number of hydrogen-bond donors (Lipinski definition) is 2. The molecule has 24 heavy (non-hydrogen) atoms. The molecular formula is C16H16BrN3O4. The lowest BCUT2D eigenvalue weighted by molar-refractivity contribution is -0.138. The van der Waals surface area contributed by atoms with Crippen LogP contribution in [0.3, 0.4) is 0 Å². The number of hydrogen-bond acceptors (Lipinski definition) is 5. The van der Waals surface area contributed by atoms with Crippen LogP contribution < -0.4 is 10.6 Å². The van der Waals surface area contributed by atoms with Gasteiger partial charge < -0.3 is 15.4 Å². The Bertz CT molecular complexity index is 702. The molecule has 0 spiro atoms. The Balaban J connectivity index is 1.54. The third kappa shape index (κ3) is 4.00. The highest BCUT2D eigenvalue weighted by Gasteiger charge is 2.32. The molecule has 0 bridgehead atoms. The molecular weight excluding hydrogens is 378 g/mol. The summed E-state index contributed by atoms with van der Waals surface area (Å²) in [5.74, 6) is -0.666. The van der Waals surface area contributed by atoms with Gasteiger partial charge in [-0.15, -0.1) is 0 Å². The van der Waals surface area contributed by atoms with Crippen molar-refractivity contribution in [1.29, 1.82) is 0 Å². The van der Waals surface area contributed by atoms with Crippen molar-refractivity contribution in [1.82, 2.24) is 5.32 Å². The number of anilines is 1. The molecule has 126 valence electrons. The van der Waals surface area contributed by atoms with Crippen LogP contribution >= 0.6 is 15.9 Å². The van der Waals surface area contributed by atoms with E-state index in [1.165, 1.54) is 0 Å². The van der Waals surface area contributed by atoms with E-state index in [4.69, 9.17) is 4.74 Å². The Kier molecular flexibility index (Phi) is 4.94. The van der Waals surface area contributed by atoms with E-state index in [9.17, 15) is 14.4 Å². The lowest BCUT2D eigenvalue weighted by atomic mass is 10.2. The van der Waals surface area contributed by atoms with Crippen molar-refractivity contribution in [2.75, 3.05) is 5.32 Å². The number of carbonyl (C=O) groups is 3. The first-order valence-electron chi connectivity index (χ1n) is 7.65. The average molecular weight is 394 g/mol. The first-order chi connectivity index (χ1) is 11.5. The molecule has 0 aliphatic carbocycles. The first-order valence-corrected chi connectivity index (χ1v) is 8.45. The predicted molar refractivity (Wildman–Crippen MR) is 90.5 cm³/mol. The third-order valence-electron chi connectivity index (χ3n) is 3.84. The number of halogens is 1. The Morgan fingerprint density at radius 3 is 2.62 bits per heavy atom. The number of nitrogens with zero attached hydrogens (tertiary/aromatic N) is 1. The highest BCUT2D eigenvalue weighted by Crippen LogP contribution is 2.19. The second-order valence-corrected chi connectivity index (χ2v) is 6.57. The Labute approximate surface area is 147 Å². The van der Waals surface area contributed by atoms with Crippen molar-refractivity contribution >= 4 is 45.3 Å². The fraction of sp³-hybridized carbons (Fsp3) is 0.375. The van der Waals surface area contributed by atoms with Crippen molar-refractivity contribution in [3.8, 4) is 0 Å². The molecule has 1 aromatic rings.